The van der Waals surface area contributed by atoms with Gasteiger partial charge in [0.1, 0.15) is 11.5 Å². The Hall–Kier alpha value is -1.29. The van der Waals surface area contributed by atoms with E-state index < -0.39 is 0 Å². The van der Waals surface area contributed by atoms with Crippen LogP contribution in [-0.2, 0) is 11.3 Å². The fraction of sp³-hybridized carbons (Fsp3) is 0.792. The first-order valence-corrected chi connectivity index (χ1v) is 11.7. The molecule has 1 atom stereocenters. The lowest BCUT2D eigenvalue weighted by atomic mass is 9.53. The molecule has 28 heavy (non-hydrogen) atoms. The van der Waals surface area contributed by atoms with E-state index in [0.29, 0.717) is 18.9 Å². The van der Waals surface area contributed by atoms with Gasteiger partial charge in [0.25, 0.3) is 0 Å². The van der Waals surface area contributed by atoms with Crippen molar-refractivity contribution in [1.82, 2.24) is 10.2 Å². The van der Waals surface area contributed by atoms with Crippen molar-refractivity contribution in [3.05, 3.63) is 23.7 Å². The molecular weight excluding hydrogens is 348 g/mol. The standard InChI is InChI=1S/C24H36N2O2/c1-16-4-6-22(28-16)14-25-23(27)7-5-17-3-2-8-26(15-17)24-20-10-18-9-19(12-20)13-21(24)11-18/h4,6,17-21,24H,2-3,5,7-15H2,1H3,(H,25,27). The summed E-state index contributed by atoms with van der Waals surface area (Å²) in [5.41, 5.74) is 0. The Bertz CT molecular complexity index is 669. The van der Waals surface area contributed by atoms with Crippen LogP contribution < -0.4 is 5.32 Å². The number of hydrogen-bond acceptors (Lipinski definition) is 3. The molecule has 1 saturated heterocycles. The molecule has 0 aromatic carbocycles. The van der Waals surface area contributed by atoms with E-state index in [0.717, 1.165) is 47.7 Å². The lowest BCUT2D eigenvalue weighted by Crippen LogP contribution is -2.57. The average Bonchev–Trinajstić information content (AvgIpc) is 3.09. The number of hydrogen-bond donors (Lipinski definition) is 1. The molecule has 0 radical (unpaired) electrons. The second-order valence-corrected chi connectivity index (χ2v) is 10.3. The second kappa shape index (κ2) is 7.85. The second-order valence-electron chi connectivity index (χ2n) is 10.3. The Morgan fingerprint density at radius 2 is 1.89 bits per heavy atom. The van der Waals surface area contributed by atoms with Crippen LogP contribution in [0.3, 0.4) is 0 Å². The molecule has 1 amide bonds. The molecule has 4 heteroatoms. The van der Waals surface area contributed by atoms with Crippen LogP contribution in [-0.4, -0.2) is 29.9 Å². The molecule has 4 nitrogen and oxygen atoms in total. The number of nitrogens with zero attached hydrogens (tertiary/aromatic N) is 1. The van der Waals surface area contributed by atoms with E-state index >= 15 is 0 Å². The molecule has 0 spiro atoms. The first kappa shape index (κ1) is 18.7. The number of amides is 1. The van der Waals surface area contributed by atoms with Crippen molar-refractivity contribution in [2.75, 3.05) is 13.1 Å². The van der Waals surface area contributed by atoms with Crippen molar-refractivity contribution < 1.29 is 9.21 Å². The van der Waals surface area contributed by atoms with Gasteiger partial charge in [0.15, 0.2) is 0 Å². The van der Waals surface area contributed by atoms with E-state index in [9.17, 15) is 4.79 Å². The monoisotopic (exact) mass is 384 g/mol. The first-order valence-electron chi connectivity index (χ1n) is 11.7. The first-order chi connectivity index (χ1) is 13.6. The minimum atomic E-state index is 0.167. The van der Waals surface area contributed by atoms with Crippen molar-refractivity contribution in [3.8, 4) is 0 Å². The van der Waals surface area contributed by atoms with Crippen molar-refractivity contribution in [3.63, 3.8) is 0 Å². The zero-order chi connectivity index (χ0) is 19.1. The SMILES string of the molecule is Cc1ccc(CNC(=O)CCC2CCCN(C3C4CC5CC(C4)CC3C5)C2)o1. The smallest absolute Gasteiger partial charge is 0.220 e. The van der Waals surface area contributed by atoms with Crippen LogP contribution in [0.2, 0.25) is 0 Å². The third kappa shape index (κ3) is 3.90. The van der Waals surface area contributed by atoms with Gasteiger partial charge in [-0.15, -0.1) is 0 Å². The highest BCUT2D eigenvalue weighted by molar-refractivity contribution is 5.75. The zero-order valence-corrected chi connectivity index (χ0v) is 17.4. The van der Waals surface area contributed by atoms with Gasteiger partial charge in [-0.1, -0.05) is 0 Å². The van der Waals surface area contributed by atoms with Gasteiger partial charge in [-0.05, 0) is 107 Å². The van der Waals surface area contributed by atoms with Gasteiger partial charge in [0.2, 0.25) is 5.91 Å². The summed E-state index contributed by atoms with van der Waals surface area (Å²) in [5, 5.41) is 3.02. The Morgan fingerprint density at radius 1 is 1.14 bits per heavy atom. The number of piperidine rings is 1. The number of carbonyl (C=O) groups excluding carboxylic acids is 1. The zero-order valence-electron chi connectivity index (χ0n) is 17.4. The lowest BCUT2D eigenvalue weighted by Gasteiger charge is -2.58. The van der Waals surface area contributed by atoms with Crippen LogP contribution in [0.5, 0.6) is 0 Å². The van der Waals surface area contributed by atoms with Gasteiger partial charge < -0.3 is 9.73 Å². The van der Waals surface area contributed by atoms with E-state index in [2.05, 4.69) is 10.2 Å². The van der Waals surface area contributed by atoms with Crippen LogP contribution in [0.15, 0.2) is 16.5 Å². The van der Waals surface area contributed by atoms with E-state index in [1.807, 2.05) is 19.1 Å². The Balaban J connectivity index is 1.10. The Kier molecular flexibility index (Phi) is 5.25. The molecule has 1 aromatic heterocycles. The largest absolute Gasteiger partial charge is 0.465 e. The molecule has 5 aliphatic rings. The minimum absolute atomic E-state index is 0.167. The van der Waals surface area contributed by atoms with Gasteiger partial charge in [0.05, 0.1) is 6.54 Å². The number of carbonyl (C=O) groups is 1. The molecule has 5 fully saturated rings. The number of furan rings is 1. The average molecular weight is 385 g/mol. The summed E-state index contributed by atoms with van der Waals surface area (Å²) in [6.45, 7) is 4.98. The highest BCUT2D eigenvalue weighted by Crippen LogP contribution is 2.55. The summed E-state index contributed by atoms with van der Waals surface area (Å²) in [5.74, 6) is 6.68. The van der Waals surface area contributed by atoms with Gasteiger partial charge in [0, 0.05) is 19.0 Å². The fourth-order valence-electron chi connectivity index (χ4n) is 7.29. The van der Waals surface area contributed by atoms with E-state index in [4.69, 9.17) is 4.42 Å². The molecule has 154 valence electrons. The fourth-order valence-corrected chi connectivity index (χ4v) is 7.29. The van der Waals surface area contributed by atoms with Crippen molar-refractivity contribution in [2.45, 2.75) is 77.3 Å². The number of rotatable bonds is 6. The molecule has 1 aliphatic heterocycles. The predicted octanol–water partition coefficient (Wildman–Crippen LogP) is 4.52. The Morgan fingerprint density at radius 3 is 2.57 bits per heavy atom. The number of aryl methyl sites for hydroxylation is 1. The molecule has 1 N–H and O–H groups in total. The van der Waals surface area contributed by atoms with Crippen LogP contribution in [0, 0.1) is 36.5 Å². The summed E-state index contributed by atoms with van der Waals surface area (Å²) < 4.78 is 5.53. The summed E-state index contributed by atoms with van der Waals surface area (Å²) in [4.78, 5) is 15.1. The molecule has 4 bridgehead atoms. The molecule has 1 aromatic rings. The molecule has 4 aliphatic carbocycles. The summed E-state index contributed by atoms with van der Waals surface area (Å²) in [7, 11) is 0. The van der Waals surface area contributed by atoms with E-state index in [-0.39, 0.29) is 5.91 Å². The van der Waals surface area contributed by atoms with Crippen molar-refractivity contribution in [1.29, 1.82) is 0 Å². The van der Waals surface area contributed by atoms with Gasteiger partial charge >= 0.3 is 0 Å². The molecule has 2 heterocycles. The maximum Gasteiger partial charge on any atom is 0.220 e. The topological polar surface area (TPSA) is 45.5 Å². The van der Waals surface area contributed by atoms with Gasteiger partial charge in [-0.2, -0.15) is 0 Å². The van der Waals surface area contributed by atoms with Crippen molar-refractivity contribution in [2.24, 2.45) is 29.6 Å². The highest BCUT2D eigenvalue weighted by atomic mass is 16.3. The third-order valence-electron chi connectivity index (χ3n) is 8.18. The van der Waals surface area contributed by atoms with Crippen LogP contribution in [0.4, 0.5) is 0 Å². The quantitative estimate of drug-likeness (QED) is 0.784. The Labute approximate surface area is 169 Å². The number of likely N-dealkylation sites (tertiary alicyclic amines) is 1. The van der Waals surface area contributed by atoms with Crippen molar-refractivity contribution >= 4 is 5.91 Å². The molecule has 1 unspecified atom stereocenters. The predicted molar refractivity (Wildman–Crippen MR) is 110 cm³/mol. The molecule has 6 rings (SSSR count). The van der Waals surface area contributed by atoms with Crippen LogP contribution in [0.25, 0.3) is 0 Å². The molecule has 4 saturated carbocycles. The maximum atomic E-state index is 12.3. The number of nitrogens with one attached hydrogen (secondary N) is 1. The van der Waals surface area contributed by atoms with Gasteiger partial charge in [-0.25, -0.2) is 0 Å². The van der Waals surface area contributed by atoms with E-state index in [1.54, 1.807) is 0 Å². The van der Waals surface area contributed by atoms with Crippen LogP contribution in [0.1, 0.15) is 69.3 Å². The van der Waals surface area contributed by atoms with E-state index in [1.165, 1.54) is 58.0 Å². The minimum Gasteiger partial charge on any atom is -0.465 e. The van der Waals surface area contributed by atoms with Gasteiger partial charge in [-0.3, -0.25) is 9.69 Å². The summed E-state index contributed by atoms with van der Waals surface area (Å²) in [6, 6.07) is 4.76. The maximum absolute atomic E-state index is 12.3. The van der Waals surface area contributed by atoms with Crippen LogP contribution >= 0.6 is 0 Å². The summed E-state index contributed by atoms with van der Waals surface area (Å²) in [6.07, 6.45) is 11.9. The highest BCUT2D eigenvalue weighted by Gasteiger charge is 2.50. The molecular formula is C24H36N2O2. The summed E-state index contributed by atoms with van der Waals surface area (Å²) >= 11 is 0. The lowest BCUT2D eigenvalue weighted by molar-refractivity contribution is -0.121. The normalized spacial score (nSPS) is 37.3. The third-order valence-corrected chi connectivity index (χ3v) is 8.18.